The molecule has 0 spiro atoms. The third-order valence-corrected chi connectivity index (χ3v) is 6.18. The van der Waals surface area contributed by atoms with Crippen molar-refractivity contribution in [2.75, 3.05) is 12.4 Å². The molecular weight excluding hydrogens is 449 g/mol. The molecule has 0 bridgehead atoms. The van der Waals surface area contributed by atoms with Gasteiger partial charge in [-0.25, -0.2) is 4.39 Å². The van der Waals surface area contributed by atoms with E-state index in [-0.39, 0.29) is 11.7 Å². The summed E-state index contributed by atoms with van der Waals surface area (Å²) in [6.07, 6.45) is 0. The monoisotopic (exact) mass is 467 g/mol. The Morgan fingerprint density at radius 1 is 1.06 bits per heavy atom. The molecular formula is C24H19ClFN3O2S. The molecule has 0 fully saturated rings. The molecule has 1 amide bonds. The van der Waals surface area contributed by atoms with Gasteiger partial charge in [-0.15, -0.1) is 10.2 Å². The Balaban J connectivity index is 1.60. The molecule has 1 heterocycles. The number of nitrogens with one attached hydrogen (secondary N) is 1. The summed E-state index contributed by atoms with van der Waals surface area (Å²) in [7, 11) is 1.53. The standard InChI is InChI=1S/C24H19ClFN3O2S/c1-14(23(30)27-20-13-16(25)9-12-21(20)31-2)32-24-19-6-4-3-5-18(19)22(28-29-24)15-7-10-17(26)11-8-15/h3-14H,1-2H3,(H,27,30)/t14-/m1/s1. The summed E-state index contributed by atoms with van der Waals surface area (Å²) in [5, 5.41) is 14.0. The van der Waals surface area contributed by atoms with Crippen molar-refractivity contribution in [3.05, 3.63) is 77.6 Å². The number of fused-ring (bicyclic) bond motifs is 1. The van der Waals surface area contributed by atoms with Gasteiger partial charge in [0.05, 0.1) is 18.0 Å². The minimum absolute atomic E-state index is 0.218. The Morgan fingerprint density at radius 3 is 2.50 bits per heavy atom. The van der Waals surface area contributed by atoms with Gasteiger partial charge in [-0.3, -0.25) is 4.79 Å². The van der Waals surface area contributed by atoms with E-state index in [0.29, 0.717) is 27.2 Å². The first-order valence-electron chi connectivity index (χ1n) is 9.78. The van der Waals surface area contributed by atoms with E-state index in [4.69, 9.17) is 16.3 Å². The van der Waals surface area contributed by atoms with Crippen LogP contribution in [0.4, 0.5) is 10.1 Å². The van der Waals surface area contributed by atoms with Crippen molar-refractivity contribution in [2.24, 2.45) is 0 Å². The lowest BCUT2D eigenvalue weighted by molar-refractivity contribution is -0.115. The fourth-order valence-corrected chi connectivity index (χ4v) is 4.29. The normalized spacial score (nSPS) is 11.9. The smallest absolute Gasteiger partial charge is 0.237 e. The Kier molecular flexibility index (Phi) is 6.58. The first-order valence-corrected chi connectivity index (χ1v) is 11.0. The van der Waals surface area contributed by atoms with Gasteiger partial charge >= 0.3 is 0 Å². The van der Waals surface area contributed by atoms with Crippen molar-refractivity contribution in [1.82, 2.24) is 10.2 Å². The predicted molar refractivity (Wildman–Crippen MR) is 127 cm³/mol. The van der Waals surface area contributed by atoms with E-state index in [0.717, 1.165) is 16.3 Å². The lowest BCUT2D eigenvalue weighted by atomic mass is 10.1. The molecule has 1 N–H and O–H groups in total. The molecule has 162 valence electrons. The molecule has 0 radical (unpaired) electrons. The van der Waals surface area contributed by atoms with E-state index < -0.39 is 5.25 Å². The molecule has 0 saturated heterocycles. The van der Waals surface area contributed by atoms with Crippen molar-refractivity contribution in [2.45, 2.75) is 17.2 Å². The molecule has 0 aliphatic carbocycles. The summed E-state index contributed by atoms with van der Waals surface area (Å²) < 4.78 is 18.6. The van der Waals surface area contributed by atoms with Crippen LogP contribution in [0.2, 0.25) is 5.02 Å². The predicted octanol–water partition coefficient (Wildman–Crippen LogP) is 6.22. The van der Waals surface area contributed by atoms with Gasteiger partial charge in [-0.1, -0.05) is 47.6 Å². The van der Waals surface area contributed by atoms with Crippen LogP contribution in [0.1, 0.15) is 6.92 Å². The third kappa shape index (κ3) is 4.69. The fraction of sp³-hybridized carbons (Fsp3) is 0.125. The highest BCUT2D eigenvalue weighted by molar-refractivity contribution is 8.00. The highest BCUT2D eigenvalue weighted by Gasteiger charge is 2.20. The number of nitrogens with zero attached hydrogens (tertiary/aromatic N) is 2. The zero-order chi connectivity index (χ0) is 22.7. The Hall–Kier alpha value is -3.16. The van der Waals surface area contributed by atoms with Crippen LogP contribution >= 0.6 is 23.4 Å². The summed E-state index contributed by atoms with van der Waals surface area (Å²) in [6.45, 7) is 1.79. The zero-order valence-electron chi connectivity index (χ0n) is 17.3. The van der Waals surface area contributed by atoms with Gasteiger partial charge in [0, 0.05) is 21.4 Å². The van der Waals surface area contributed by atoms with Gasteiger partial charge < -0.3 is 10.1 Å². The number of amides is 1. The third-order valence-electron chi connectivity index (χ3n) is 4.85. The van der Waals surface area contributed by atoms with Gasteiger partial charge in [-0.2, -0.15) is 0 Å². The summed E-state index contributed by atoms with van der Waals surface area (Å²) in [6, 6.07) is 18.9. The number of carbonyl (C=O) groups excluding carboxylic acids is 1. The molecule has 1 aromatic heterocycles. The molecule has 32 heavy (non-hydrogen) atoms. The van der Waals surface area contributed by atoms with Crippen molar-refractivity contribution in [3.63, 3.8) is 0 Å². The molecule has 0 aliphatic rings. The van der Waals surface area contributed by atoms with Crippen LogP contribution in [0, 0.1) is 5.82 Å². The van der Waals surface area contributed by atoms with E-state index in [1.807, 2.05) is 24.3 Å². The lowest BCUT2D eigenvalue weighted by Crippen LogP contribution is -2.23. The number of hydrogen-bond donors (Lipinski definition) is 1. The number of benzene rings is 3. The van der Waals surface area contributed by atoms with E-state index >= 15 is 0 Å². The van der Waals surface area contributed by atoms with Crippen LogP contribution in [0.25, 0.3) is 22.0 Å². The second kappa shape index (κ2) is 9.54. The number of aromatic nitrogens is 2. The van der Waals surface area contributed by atoms with Crippen LogP contribution in [0.15, 0.2) is 71.8 Å². The largest absolute Gasteiger partial charge is 0.495 e. The average Bonchev–Trinajstić information content (AvgIpc) is 2.80. The average molecular weight is 468 g/mol. The molecule has 0 aliphatic heterocycles. The Bertz CT molecular complexity index is 1280. The quantitative estimate of drug-likeness (QED) is 0.341. The van der Waals surface area contributed by atoms with E-state index in [1.165, 1.54) is 31.0 Å². The Morgan fingerprint density at radius 2 is 1.78 bits per heavy atom. The number of carbonyl (C=O) groups is 1. The second-order valence-electron chi connectivity index (χ2n) is 7.00. The fourth-order valence-electron chi connectivity index (χ4n) is 3.22. The molecule has 8 heteroatoms. The molecule has 4 aromatic rings. The highest BCUT2D eigenvalue weighted by Crippen LogP contribution is 2.34. The first-order chi connectivity index (χ1) is 15.5. The number of hydrogen-bond acceptors (Lipinski definition) is 5. The van der Waals surface area contributed by atoms with Crippen molar-refractivity contribution in [3.8, 4) is 17.0 Å². The minimum Gasteiger partial charge on any atom is -0.495 e. The first kappa shape index (κ1) is 22.0. The minimum atomic E-state index is -0.465. The molecule has 3 aromatic carbocycles. The van der Waals surface area contributed by atoms with Gasteiger partial charge in [0.1, 0.15) is 22.3 Å². The second-order valence-corrected chi connectivity index (χ2v) is 8.77. The van der Waals surface area contributed by atoms with Crippen molar-refractivity contribution in [1.29, 1.82) is 0 Å². The number of halogens is 2. The molecule has 1 atom stereocenters. The number of ether oxygens (including phenoxy) is 1. The topological polar surface area (TPSA) is 64.1 Å². The van der Waals surface area contributed by atoms with Crippen LogP contribution in [0.5, 0.6) is 5.75 Å². The highest BCUT2D eigenvalue weighted by atomic mass is 35.5. The molecule has 5 nitrogen and oxygen atoms in total. The molecule has 0 saturated carbocycles. The van der Waals surface area contributed by atoms with Crippen LogP contribution < -0.4 is 10.1 Å². The Labute approximate surface area is 194 Å². The van der Waals surface area contributed by atoms with E-state index in [2.05, 4.69) is 15.5 Å². The maximum atomic E-state index is 13.3. The summed E-state index contributed by atoms with van der Waals surface area (Å²) in [5.41, 5.74) is 1.93. The zero-order valence-corrected chi connectivity index (χ0v) is 18.9. The van der Waals surface area contributed by atoms with Gasteiger partial charge in [0.2, 0.25) is 5.91 Å². The number of rotatable bonds is 6. The van der Waals surface area contributed by atoms with Gasteiger partial charge in [0.25, 0.3) is 0 Å². The maximum Gasteiger partial charge on any atom is 0.237 e. The summed E-state index contributed by atoms with van der Waals surface area (Å²) >= 11 is 7.36. The van der Waals surface area contributed by atoms with Crippen molar-refractivity contribution < 1.29 is 13.9 Å². The van der Waals surface area contributed by atoms with Crippen LogP contribution in [-0.2, 0) is 4.79 Å². The van der Waals surface area contributed by atoms with Crippen LogP contribution in [-0.4, -0.2) is 28.5 Å². The number of thioether (sulfide) groups is 1. The van der Waals surface area contributed by atoms with Crippen molar-refractivity contribution >= 4 is 45.7 Å². The number of anilines is 1. The maximum absolute atomic E-state index is 13.3. The lowest BCUT2D eigenvalue weighted by Gasteiger charge is -2.15. The van der Waals surface area contributed by atoms with E-state index in [1.54, 1.807) is 37.3 Å². The SMILES string of the molecule is COc1ccc(Cl)cc1NC(=O)[C@@H](C)Sc1nnc(-c2ccc(F)cc2)c2ccccc12. The van der Waals surface area contributed by atoms with Crippen LogP contribution in [0.3, 0.4) is 0 Å². The molecule has 0 unspecified atom stereocenters. The summed E-state index contributed by atoms with van der Waals surface area (Å²) in [4.78, 5) is 12.8. The molecule has 4 rings (SSSR count). The van der Waals surface area contributed by atoms with Gasteiger partial charge in [-0.05, 0) is 49.4 Å². The van der Waals surface area contributed by atoms with Gasteiger partial charge in [0.15, 0.2) is 0 Å². The van der Waals surface area contributed by atoms with E-state index in [9.17, 15) is 9.18 Å². The number of methoxy groups -OCH3 is 1. The summed E-state index contributed by atoms with van der Waals surface area (Å²) in [5.74, 6) is -0.00716.